The van der Waals surface area contributed by atoms with Crippen molar-refractivity contribution in [2.75, 3.05) is 20.2 Å². The summed E-state index contributed by atoms with van der Waals surface area (Å²) in [4.78, 5) is 14.0. The second kappa shape index (κ2) is 4.73. The van der Waals surface area contributed by atoms with Crippen LogP contribution in [-0.2, 0) is 4.79 Å². The Morgan fingerprint density at radius 2 is 2.06 bits per heavy atom. The molecule has 1 aromatic carbocycles. The Kier molecular flexibility index (Phi) is 3.08. The maximum absolute atomic E-state index is 11.5. The Morgan fingerprint density at radius 3 is 2.78 bits per heavy atom. The molecule has 3 heteroatoms. The lowest BCUT2D eigenvalue weighted by molar-refractivity contribution is -0.122. The average molecular weight is 245 g/mol. The highest BCUT2D eigenvalue weighted by Gasteiger charge is 2.36. The van der Waals surface area contributed by atoms with Crippen LogP contribution in [0.4, 0.5) is 0 Å². The van der Waals surface area contributed by atoms with E-state index in [1.807, 2.05) is 12.1 Å². The van der Waals surface area contributed by atoms with Crippen molar-refractivity contribution in [2.45, 2.75) is 31.2 Å². The van der Waals surface area contributed by atoms with E-state index in [4.69, 9.17) is 4.74 Å². The molecule has 0 amide bonds. The summed E-state index contributed by atoms with van der Waals surface area (Å²) >= 11 is 0. The number of carbonyl (C=O) groups is 1. The van der Waals surface area contributed by atoms with Gasteiger partial charge in [-0.05, 0) is 30.0 Å². The van der Waals surface area contributed by atoms with Crippen molar-refractivity contribution < 1.29 is 9.53 Å². The number of carbonyl (C=O) groups excluding carboxylic acids is 1. The number of hydrogen-bond acceptors (Lipinski definition) is 3. The monoisotopic (exact) mass is 245 g/mol. The van der Waals surface area contributed by atoms with Gasteiger partial charge in [-0.2, -0.15) is 0 Å². The molecule has 2 fully saturated rings. The minimum atomic E-state index is 0.437. The van der Waals surface area contributed by atoms with Crippen LogP contribution >= 0.6 is 0 Å². The van der Waals surface area contributed by atoms with Crippen LogP contribution in [0.15, 0.2) is 24.3 Å². The quantitative estimate of drug-likeness (QED) is 0.800. The first kappa shape index (κ1) is 11.7. The highest BCUT2D eigenvalue weighted by Crippen LogP contribution is 2.35. The zero-order valence-corrected chi connectivity index (χ0v) is 10.8. The minimum absolute atomic E-state index is 0.437. The molecular formula is C15H19NO2. The number of fused-ring (bicyclic) bond motifs is 1. The standard InChI is InChI=1S/C15H19NO2/c1-18-15-4-2-11(3-5-15)12-8-13-9-14(17)6-7-16(13)10-12/h2-5,12-13H,6-10H2,1H3/t12-,13+/m1/s1. The lowest BCUT2D eigenvalue weighted by Gasteiger charge is -2.27. The minimum Gasteiger partial charge on any atom is -0.497 e. The molecule has 0 aliphatic carbocycles. The van der Waals surface area contributed by atoms with E-state index in [-0.39, 0.29) is 0 Å². The fourth-order valence-corrected chi connectivity index (χ4v) is 3.22. The molecule has 2 aliphatic rings. The summed E-state index contributed by atoms with van der Waals surface area (Å²) in [6.07, 6.45) is 2.62. The van der Waals surface area contributed by atoms with Crippen molar-refractivity contribution in [3.8, 4) is 5.75 Å². The first-order chi connectivity index (χ1) is 8.76. The van der Waals surface area contributed by atoms with Gasteiger partial charge in [-0.1, -0.05) is 12.1 Å². The molecule has 2 atom stereocenters. The molecule has 3 nitrogen and oxygen atoms in total. The molecule has 2 heterocycles. The number of benzene rings is 1. The largest absolute Gasteiger partial charge is 0.497 e. The summed E-state index contributed by atoms with van der Waals surface area (Å²) < 4.78 is 5.19. The van der Waals surface area contributed by atoms with Gasteiger partial charge in [0.1, 0.15) is 11.5 Å². The molecule has 0 bridgehead atoms. The van der Waals surface area contributed by atoms with E-state index in [1.54, 1.807) is 7.11 Å². The van der Waals surface area contributed by atoms with Crippen LogP contribution in [-0.4, -0.2) is 36.9 Å². The molecule has 0 radical (unpaired) electrons. The third-order valence-electron chi connectivity index (χ3n) is 4.26. The molecule has 3 rings (SSSR count). The zero-order chi connectivity index (χ0) is 12.5. The average Bonchev–Trinajstić information content (AvgIpc) is 2.81. The van der Waals surface area contributed by atoms with Crippen molar-refractivity contribution >= 4 is 5.78 Å². The fourth-order valence-electron chi connectivity index (χ4n) is 3.22. The zero-order valence-electron chi connectivity index (χ0n) is 10.8. The normalized spacial score (nSPS) is 28.2. The smallest absolute Gasteiger partial charge is 0.135 e. The Labute approximate surface area is 108 Å². The van der Waals surface area contributed by atoms with Crippen molar-refractivity contribution in [1.29, 1.82) is 0 Å². The Hall–Kier alpha value is -1.35. The van der Waals surface area contributed by atoms with Crippen LogP contribution in [0.1, 0.15) is 30.7 Å². The number of methoxy groups -OCH3 is 1. The molecule has 18 heavy (non-hydrogen) atoms. The van der Waals surface area contributed by atoms with Crippen molar-refractivity contribution in [3.63, 3.8) is 0 Å². The van der Waals surface area contributed by atoms with Crippen molar-refractivity contribution in [2.24, 2.45) is 0 Å². The van der Waals surface area contributed by atoms with Gasteiger partial charge in [-0.25, -0.2) is 0 Å². The first-order valence-electron chi connectivity index (χ1n) is 6.66. The van der Waals surface area contributed by atoms with E-state index in [2.05, 4.69) is 17.0 Å². The Balaban J connectivity index is 1.72. The van der Waals surface area contributed by atoms with Crippen LogP contribution in [0.3, 0.4) is 0 Å². The van der Waals surface area contributed by atoms with E-state index >= 15 is 0 Å². The van der Waals surface area contributed by atoms with Gasteiger partial charge in [-0.3, -0.25) is 9.69 Å². The lowest BCUT2D eigenvalue weighted by Crippen LogP contribution is -2.38. The van der Waals surface area contributed by atoms with Gasteiger partial charge < -0.3 is 4.74 Å². The summed E-state index contributed by atoms with van der Waals surface area (Å²) in [7, 11) is 1.69. The number of Topliss-reactive ketones (excluding diaryl/α,β-unsaturated/α-hetero) is 1. The predicted octanol–water partition coefficient (Wildman–Crippen LogP) is 2.22. The van der Waals surface area contributed by atoms with Crippen molar-refractivity contribution in [1.82, 2.24) is 4.90 Å². The third kappa shape index (κ3) is 2.15. The van der Waals surface area contributed by atoms with Crippen LogP contribution < -0.4 is 4.74 Å². The van der Waals surface area contributed by atoms with E-state index in [0.717, 1.165) is 38.1 Å². The number of nitrogens with zero attached hydrogens (tertiary/aromatic N) is 1. The van der Waals surface area contributed by atoms with Crippen LogP contribution in [0.5, 0.6) is 5.75 Å². The Morgan fingerprint density at radius 1 is 1.28 bits per heavy atom. The van der Waals surface area contributed by atoms with E-state index in [0.29, 0.717) is 17.7 Å². The second-order valence-electron chi connectivity index (χ2n) is 5.35. The molecule has 2 saturated heterocycles. The molecule has 0 spiro atoms. The number of rotatable bonds is 2. The molecule has 1 aromatic rings. The van der Waals surface area contributed by atoms with Gasteiger partial charge in [0.25, 0.3) is 0 Å². The summed E-state index contributed by atoms with van der Waals surface area (Å²) in [6, 6.07) is 8.85. The molecule has 0 N–H and O–H groups in total. The summed E-state index contributed by atoms with van der Waals surface area (Å²) in [6.45, 7) is 2.06. The molecule has 2 aliphatic heterocycles. The van der Waals surface area contributed by atoms with E-state index in [1.165, 1.54) is 5.56 Å². The molecule has 0 saturated carbocycles. The van der Waals surface area contributed by atoms with Crippen LogP contribution in [0.25, 0.3) is 0 Å². The van der Waals surface area contributed by atoms with Gasteiger partial charge in [0, 0.05) is 32.0 Å². The van der Waals surface area contributed by atoms with Gasteiger partial charge in [0.15, 0.2) is 0 Å². The number of hydrogen-bond donors (Lipinski definition) is 0. The molecular weight excluding hydrogens is 226 g/mol. The maximum atomic E-state index is 11.5. The summed E-state index contributed by atoms with van der Waals surface area (Å²) in [5, 5.41) is 0. The highest BCUT2D eigenvalue weighted by molar-refractivity contribution is 5.80. The Bertz CT molecular complexity index is 440. The third-order valence-corrected chi connectivity index (χ3v) is 4.26. The maximum Gasteiger partial charge on any atom is 0.135 e. The molecule has 96 valence electrons. The van der Waals surface area contributed by atoms with Gasteiger partial charge >= 0.3 is 0 Å². The molecule has 0 unspecified atom stereocenters. The highest BCUT2D eigenvalue weighted by atomic mass is 16.5. The second-order valence-corrected chi connectivity index (χ2v) is 5.35. The van der Waals surface area contributed by atoms with Crippen LogP contribution in [0, 0.1) is 0 Å². The molecule has 0 aromatic heterocycles. The van der Waals surface area contributed by atoms with Crippen molar-refractivity contribution in [3.05, 3.63) is 29.8 Å². The summed E-state index contributed by atoms with van der Waals surface area (Å²) in [5.74, 6) is 1.92. The number of piperidine rings is 1. The van der Waals surface area contributed by atoms with Crippen LogP contribution in [0.2, 0.25) is 0 Å². The lowest BCUT2D eigenvalue weighted by atomic mass is 9.94. The SMILES string of the molecule is COc1ccc([C@@H]2C[C@H]3CC(=O)CCN3C2)cc1. The van der Waals surface area contributed by atoms with E-state index in [9.17, 15) is 4.79 Å². The van der Waals surface area contributed by atoms with Gasteiger partial charge in [-0.15, -0.1) is 0 Å². The fraction of sp³-hybridized carbons (Fsp3) is 0.533. The first-order valence-corrected chi connectivity index (χ1v) is 6.66. The van der Waals surface area contributed by atoms with Gasteiger partial charge in [0.2, 0.25) is 0 Å². The number of ether oxygens (including phenoxy) is 1. The van der Waals surface area contributed by atoms with E-state index < -0.39 is 0 Å². The number of ketones is 1. The summed E-state index contributed by atoms with van der Waals surface area (Å²) in [5.41, 5.74) is 1.37. The predicted molar refractivity (Wildman–Crippen MR) is 70.0 cm³/mol. The van der Waals surface area contributed by atoms with Gasteiger partial charge in [0.05, 0.1) is 7.11 Å². The topological polar surface area (TPSA) is 29.5 Å².